The Morgan fingerprint density at radius 3 is 2.11 bits per heavy atom. The smallest absolute Gasteiger partial charge is 0.257 e. The lowest BCUT2D eigenvalue weighted by molar-refractivity contribution is 0.102. The summed E-state index contributed by atoms with van der Waals surface area (Å²) in [4.78, 5) is 16.8. The fraction of sp³-hybridized carbons (Fsp3) is 0.182. The van der Waals surface area contributed by atoms with Crippen LogP contribution in [0, 0.1) is 27.7 Å². The Labute approximate surface area is 165 Å². The number of anilines is 1. The van der Waals surface area contributed by atoms with Gasteiger partial charge in [-0.25, -0.2) is 13.4 Å². The number of para-hydroxylation sites is 1. The van der Waals surface area contributed by atoms with Crippen LogP contribution in [0.2, 0.25) is 0 Å². The number of amides is 1. The quantitative estimate of drug-likeness (QED) is 0.712. The van der Waals surface area contributed by atoms with Gasteiger partial charge in [-0.15, -0.1) is 0 Å². The molecule has 0 aliphatic rings. The van der Waals surface area contributed by atoms with Crippen LogP contribution in [-0.4, -0.2) is 19.3 Å². The number of rotatable bonds is 4. The second kappa shape index (κ2) is 7.56. The molecule has 0 atom stereocenters. The molecule has 1 amide bonds. The Kier molecular flexibility index (Phi) is 5.34. The standard InChI is InChI=1S/C22H22N2O3S/c1-14-8-10-19(12-17(14)4)28(26,27)20-11-9-18(13-23-20)22(25)24-21-15(2)6-5-7-16(21)3/h5-13H,1-4H3,(H,24,25). The molecule has 5 nitrogen and oxygen atoms in total. The number of carbonyl (C=O) groups excluding carboxylic acids is 1. The zero-order valence-electron chi connectivity index (χ0n) is 16.3. The Morgan fingerprint density at radius 1 is 0.857 bits per heavy atom. The van der Waals surface area contributed by atoms with Crippen LogP contribution in [0.1, 0.15) is 32.6 Å². The lowest BCUT2D eigenvalue weighted by Gasteiger charge is -2.11. The maximum atomic E-state index is 12.8. The molecule has 0 bridgehead atoms. The monoisotopic (exact) mass is 394 g/mol. The van der Waals surface area contributed by atoms with E-state index >= 15 is 0 Å². The first-order valence-electron chi connectivity index (χ1n) is 8.86. The molecule has 6 heteroatoms. The number of sulfone groups is 1. The van der Waals surface area contributed by atoms with Gasteiger partial charge < -0.3 is 5.32 Å². The SMILES string of the molecule is Cc1ccc(S(=O)(=O)c2ccc(C(=O)Nc3c(C)cccc3C)cn2)cc1C. The highest BCUT2D eigenvalue weighted by Gasteiger charge is 2.20. The third-order valence-corrected chi connectivity index (χ3v) is 6.45. The van der Waals surface area contributed by atoms with Crippen LogP contribution in [0.25, 0.3) is 0 Å². The second-order valence-electron chi connectivity index (χ2n) is 6.86. The number of pyridine rings is 1. The Hall–Kier alpha value is -2.99. The van der Waals surface area contributed by atoms with E-state index in [4.69, 9.17) is 0 Å². The molecule has 0 fully saturated rings. The van der Waals surface area contributed by atoms with E-state index in [9.17, 15) is 13.2 Å². The third-order valence-electron chi connectivity index (χ3n) is 4.78. The molecule has 2 aromatic carbocycles. The van der Waals surface area contributed by atoms with E-state index in [0.717, 1.165) is 27.9 Å². The molecule has 1 heterocycles. The van der Waals surface area contributed by atoms with E-state index in [1.165, 1.54) is 18.3 Å². The third kappa shape index (κ3) is 3.82. The largest absolute Gasteiger partial charge is 0.321 e. The molecule has 0 saturated carbocycles. The van der Waals surface area contributed by atoms with Gasteiger partial charge in [0.2, 0.25) is 9.84 Å². The zero-order valence-corrected chi connectivity index (χ0v) is 17.1. The van der Waals surface area contributed by atoms with Gasteiger partial charge in [-0.1, -0.05) is 24.3 Å². The van der Waals surface area contributed by atoms with Crippen molar-refractivity contribution in [3.05, 3.63) is 82.5 Å². The van der Waals surface area contributed by atoms with E-state index in [2.05, 4.69) is 10.3 Å². The maximum Gasteiger partial charge on any atom is 0.257 e. The van der Waals surface area contributed by atoms with Crippen molar-refractivity contribution in [2.75, 3.05) is 5.32 Å². The van der Waals surface area contributed by atoms with Gasteiger partial charge in [0.1, 0.15) is 0 Å². The predicted octanol–water partition coefficient (Wildman–Crippen LogP) is 4.40. The summed E-state index contributed by atoms with van der Waals surface area (Å²) in [6.07, 6.45) is 1.29. The maximum absolute atomic E-state index is 12.8. The van der Waals surface area contributed by atoms with Gasteiger partial charge in [-0.05, 0) is 74.2 Å². The van der Waals surface area contributed by atoms with Gasteiger partial charge >= 0.3 is 0 Å². The lowest BCUT2D eigenvalue weighted by Crippen LogP contribution is -2.15. The van der Waals surface area contributed by atoms with E-state index < -0.39 is 9.84 Å². The summed E-state index contributed by atoms with van der Waals surface area (Å²) >= 11 is 0. The van der Waals surface area contributed by atoms with Crippen molar-refractivity contribution < 1.29 is 13.2 Å². The normalized spacial score (nSPS) is 11.3. The summed E-state index contributed by atoms with van der Waals surface area (Å²) in [7, 11) is -3.74. The minimum absolute atomic E-state index is 0.0839. The molecule has 1 N–H and O–H groups in total. The molecule has 3 rings (SSSR count). The first-order chi connectivity index (χ1) is 13.2. The first-order valence-corrected chi connectivity index (χ1v) is 10.3. The summed E-state index contributed by atoms with van der Waals surface area (Å²) in [6.45, 7) is 7.62. The van der Waals surface area contributed by atoms with Crippen LogP contribution < -0.4 is 5.32 Å². The van der Waals surface area contributed by atoms with Gasteiger partial charge in [0.25, 0.3) is 5.91 Å². The fourth-order valence-electron chi connectivity index (χ4n) is 2.87. The Balaban J connectivity index is 1.86. The molecule has 0 unspecified atom stereocenters. The summed E-state index contributed by atoms with van der Waals surface area (Å²) in [5, 5.41) is 2.79. The molecule has 0 aliphatic heterocycles. The van der Waals surface area contributed by atoms with Crippen LogP contribution in [0.15, 0.2) is 64.6 Å². The number of aromatic nitrogens is 1. The van der Waals surface area contributed by atoms with E-state index in [0.29, 0.717) is 5.56 Å². The molecule has 0 aliphatic carbocycles. The predicted molar refractivity (Wildman–Crippen MR) is 109 cm³/mol. The van der Waals surface area contributed by atoms with Gasteiger partial charge in [0.05, 0.1) is 10.5 Å². The lowest BCUT2D eigenvalue weighted by atomic mass is 10.1. The highest BCUT2D eigenvalue weighted by Crippen LogP contribution is 2.23. The van der Waals surface area contributed by atoms with Gasteiger partial charge in [0.15, 0.2) is 5.03 Å². The molecule has 144 valence electrons. The average Bonchev–Trinajstić information content (AvgIpc) is 2.67. The van der Waals surface area contributed by atoms with Crippen LogP contribution in [-0.2, 0) is 9.84 Å². The van der Waals surface area contributed by atoms with Crippen LogP contribution >= 0.6 is 0 Å². The van der Waals surface area contributed by atoms with Crippen molar-refractivity contribution in [1.29, 1.82) is 0 Å². The van der Waals surface area contributed by atoms with Crippen LogP contribution in [0.5, 0.6) is 0 Å². The minimum Gasteiger partial charge on any atom is -0.321 e. The summed E-state index contributed by atoms with van der Waals surface area (Å²) in [6, 6.07) is 13.6. The van der Waals surface area contributed by atoms with Crippen molar-refractivity contribution in [3.63, 3.8) is 0 Å². The highest BCUT2D eigenvalue weighted by molar-refractivity contribution is 7.91. The van der Waals surface area contributed by atoms with E-state index in [-0.39, 0.29) is 15.8 Å². The number of hydrogen-bond acceptors (Lipinski definition) is 4. The molecule has 3 aromatic rings. The summed E-state index contributed by atoms with van der Waals surface area (Å²) < 4.78 is 25.6. The molecular formula is C22H22N2O3S. The van der Waals surface area contributed by atoms with E-state index in [1.54, 1.807) is 18.2 Å². The molecular weight excluding hydrogens is 372 g/mol. The van der Waals surface area contributed by atoms with Crippen LogP contribution in [0.3, 0.4) is 0 Å². The van der Waals surface area contributed by atoms with Crippen molar-refractivity contribution in [2.45, 2.75) is 37.6 Å². The number of nitrogens with zero attached hydrogens (tertiary/aromatic N) is 1. The Morgan fingerprint density at radius 2 is 1.54 bits per heavy atom. The number of hydrogen-bond donors (Lipinski definition) is 1. The van der Waals surface area contributed by atoms with Crippen molar-refractivity contribution in [2.24, 2.45) is 0 Å². The molecule has 0 saturated heterocycles. The number of benzene rings is 2. The van der Waals surface area contributed by atoms with Crippen molar-refractivity contribution >= 4 is 21.4 Å². The van der Waals surface area contributed by atoms with Gasteiger partial charge in [-0.3, -0.25) is 4.79 Å². The second-order valence-corrected chi connectivity index (χ2v) is 8.75. The molecule has 0 spiro atoms. The number of carbonyl (C=O) groups is 1. The molecule has 0 radical (unpaired) electrons. The summed E-state index contributed by atoms with van der Waals surface area (Å²) in [5.74, 6) is -0.333. The zero-order chi connectivity index (χ0) is 20.5. The fourth-order valence-corrected chi connectivity index (χ4v) is 4.13. The highest BCUT2D eigenvalue weighted by atomic mass is 32.2. The van der Waals surface area contributed by atoms with Gasteiger partial charge in [0, 0.05) is 11.9 Å². The topological polar surface area (TPSA) is 76.1 Å². The molecule has 1 aromatic heterocycles. The number of nitrogens with one attached hydrogen (secondary N) is 1. The minimum atomic E-state index is -3.74. The summed E-state index contributed by atoms with van der Waals surface area (Å²) in [5.41, 5.74) is 4.86. The Bertz CT molecular complexity index is 1130. The van der Waals surface area contributed by atoms with Crippen LogP contribution in [0.4, 0.5) is 5.69 Å². The number of aryl methyl sites for hydroxylation is 4. The van der Waals surface area contributed by atoms with Crippen molar-refractivity contribution in [1.82, 2.24) is 4.98 Å². The van der Waals surface area contributed by atoms with E-state index in [1.807, 2.05) is 45.9 Å². The van der Waals surface area contributed by atoms with Crippen molar-refractivity contribution in [3.8, 4) is 0 Å². The molecule has 28 heavy (non-hydrogen) atoms. The first kappa shape index (κ1) is 19.8. The van der Waals surface area contributed by atoms with Gasteiger partial charge in [-0.2, -0.15) is 0 Å². The average molecular weight is 394 g/mol.